The van der Waals surface area contributed by atoms with Crippen LogP contribution in [0.25, 0.3) is 22.3 Å². The normalized spacial score (nSPS) is 10.8. The van der Waals surface area contributed by atoms with Crippen LogP contribution in [-0.4, -0.2) is 14.2 Å². The molecule has 0 amide bonds. The van der Waals surface area contributed by atoms with Crippen molar-refractivity contribution in [3.63, 3.8) is 0 Å². The van der Waals surface area contributed by atoms with E-state index in [0.717, 1.165) is 39.1 Å². The van der Waals surface area contributed by atoms with Crippen molar-refractivity contribution in [1.29, 1.82) is 0 Å². The zero-order valence-electron chi connectivity index (χ0n) is 14.7. The van der Waals surface area contributed by atoms with Gasteiger partial charge in [0.2, 0.25) is 0 Å². The van der Waals surface area contributed by atoms with Crippen LogP contribution >= 0.6 is 0 Å². The highest BCUT2D eigenvalue weighted by atomic mass is 16.5. The third kappa shape index (κ3) is 3.90. The number of nitrogen functional groups attached to an aromatic ring is 1. The molecule has 3 nitrogen and oxygen atoms in total. The molecule has 3 rings (SSSR count). The molecule has 3 aromatic rings. The van der Waals surface area contributed by atoms with E-state index in [1.165, 1.54) is 0 Å². The van der Waals surface area contributed by atoms with Crippen molar-refractivity contribution in [2.45, 2.75) is 13.2 Å². The Hall–Kier alpha value is -2.62. The Morgan fingerprint density at radius 2 is 1.20 bits per heavy atom. The van der Waals surface area contributed by atoms with Crippen molar-refractivity contribution >= 4 is 5.69 Å². The second kappa shape index (κ2) is 7.97. The van der Waals surface area contributed by atoms with Crippen molar-refractivity contribution in [1.82, 2.24) is 0 Å². The van der Waals surface area contributed by atoms with Gasteiger partial charge in [-0.3, -0.25) is 0 Å². The molecule has 0 atom stereocenters. The number of nitrogens with two attached hydrogens (primary N) is 1. The zero-order chi connectivity index (χ0) is 17.6. The lowest BCUT2D eigenvalue weighted by molar-refractivity contribution is 0.185. The number of rotatable bonds is 6. The molecule has 0 unspecified atom stereocenters. The van der Waals surface area contributed by atoms with E-state index >= 15 is 0 Å². The molecule has 0 heterocycles. The summed E-state index contributed by atoms with van der Waals surface area (Å²) < 4.78 is 10.4. The van der Waals surface area contributed by atoms with Crippen LogP contribution < -0.4 is 5.73 Å². The van der Waals surface area contributed by atoms with Crippen LogP contribution in [0.3, 0.4) is 0 Å². The first-order valence-electron chi connectivity index (χ1n) is 8.28. The van der Waals surface area contributed by atoms with Crippen LogP contribution in [0.15, 0.2) is 66.7 Å². The molecule has 0 bridgehead atoms. The number of hydrogen-bond acceptors (Lipinski definition) is 3. The molecule has 128 valence electrons. The highest BCUT2D eigenvalue weighted by Gasteiger charge is 2.11. The monoisotopic (exact) mass is 333 g/mol. The van der Waals surface area contributed by atoms with Crippen molar-refractivity contribution in [3.8, 4) is 22.3 Å². The third-order valence-corrected chi connectivity index (χ3v) is 4.23. The molecule has 0 aliphatic carbocycles. The van der Waals surface area contributed by atoms with Crippen molar-refractivity contribution in [2.75, 3.05) is 20.0 Å². The molecule has 0 radical (unpaired) electrons. The maximum absolute atomic E-state index is 6.32. The molecule has 0 aliphatic heterocycles. The fraction of sp³-hybridized carbons (Fsp3) is 0.182. The maximum Gasteiger partial charge on any atom is 0.0713 e. The maximum atomic E-state index is 6.32. The van der Waals surface area contributed by atoms with Gasteiger partial charge in [0.1, 0.15) is 0 Å². The summed E-state index contributed by atoms with van der Waals surface area (Å²) in [5.74, 6) is 0. The van der Waals surface area contributed by atoms with E-state index in [2.05, 4.69) is 54.6 Å². The topological polar surface area (TPSA) is 44.5 Å². The van der Waals surface area contributed by atoms with Crippen LogP contribution in [0.2, 0.25) is 0 Å². The minimum atomic E-state index is 0.609. The smallest absolute Gasteiger partial charge is 0.0713 e. The van der Waals surface area contributed by atoms with E-state index in [0.29, 0.717) is 13.2 Å². The first-order chi connectivity index (χ1) is 12.2. The third-order valence-electron chi connectivity index (χ3n) is 4.23. The lowest BCUT2D eigenvalue weighted by Gasteiger charge is -2.14. The number of ether oxygens (including phenoxy) is 2. The average Bonchev–Trinajstić information content (AvgIpc) is 2.64. The Morgan fingerprint density at radius 1 is 0.680 bits per heavy atom. The van der Waals surface area contributed by atoms with Gasteiger partial charge in [-0.1, -0.05) is 60.7 Å². The Balaban J connectivity index is 2.02. The summed E-state index contributed by atoms with van der Waals surface area (Å²) in [7, 11) is 3.41. The Morgan fingerprint density at radius 3 is 1.72 bits per heavy atom. The van der Waals surface area contributed by atoms with Gasteiger partial charge < -0.3 is 15.2 Å². The Labute approximate surface area is 149 Å². The van der Waals surface area contributed by atoms with Gasteiger partial charge in [0, 0.05) is 25.5 Å². The molecule has 0 saturated carbocycles. The summed E-state index contributed by atoms with van der Waals surface area (Å²) in [6.45, 7) is 1.23. The van der Waals surface area contributed by atoms with Gasteiger partial charge in [-0.15, -0.1) is 0 Å². The first kappa shape index (κ1) is 17.2. The summed E-state index contributed by atoms with van der Waals surface area (Å²) in [5.41, 5.74) is 13.8. The fourth-order valence-corrected chi connectivity index (χ4v) is 3.01. The highest BCUT2D eigenvalue weighted by molar-refractivity contribution is 5.91. The lowest BCUT2D eigenvalue weighted by atomic mass is 9.92. The number of methoxy groups -OCH3 is 2. The molecule has 0 aliphatic rings. The summed E-state index contributed by atoms with van der Waals surface area (Å²) in [4.78, 5) is 0. The predicted molar refractivity (Wildman–Crippen MR) is 103 cm³/mol. The van der Waals surface area contributed by atoms with Gasteiger partial charge in [0.15, 0.2) is 0 Å². The van der Waals surface area contributed by atoms with Gasteiger partial charge in [0.25, 0.3) is 0 Å². The van der Waals surface area contributed by atoms with E-state index in [1.54, 1.807) is 14.2 Å². The van der Waals surface area contributed by atoms with E-state index in [1.807, 2.05) is 12.1 Å². The Kier molecular flexibility index (Phi) is 5.49. The number of benzene rings is 3. The molecule has 2 N–H and O–H groups in total. The SMILES string of the molecule is COCc1ccc(-c2cccc(N)c2-c2ccc(COC)cc2)cc1. The van der Waals surface area contributed by atoms with Crippen molar-refractivity contribution < 1.29 is 9.47 Å². The molecule has 0 spiro atoms. The van der Waals surface area contributed by atoms with Crippen LogP contribution in [0.1, 0.15) is 11.1 Å². The molecular formula is C22H23NO2. The van der Waals surface area contributed by atoms with E-state index in [4.69, 9.17) is 15.2 Å². The molecule has 3 heteroatoms. The van der Waals surface area contributed by atoms with Crippen molar-refractivity contribution in [2.24, 2.45) is 0 Å². The second-order valence-corrected chi connectivity index (χ2v) is 6.03. The standard InChI is InChI=1S/C22H23NO2/c1-24-14-16-6-10-18(11-7-16)20-4-3-5-21(23)22(20)19-12-8-17(9-13-19)15-25-2/h3-13H,14-15,23H2,1-2H3. The lowest BCUT2D eigenvalue weighted by Crippen LogP contribution is -1.95. The minimum Gasteiger partial charge on any atom is -0.398 e. The molecule has 0 fully saturated rings. The fourth-order valence-electron chi connectivity index (χ4n) is 3.01. The van der Waals surface area contributed by atoms with Crippen molar-refractivity contribution in [3.05, 3.63) is 77.9 Å². The van der Waals surface area contributed by atoms with Gasteiger partial charge >= 0.3 is 0 Å². The largest absolute Gasteiger partial charge is 0.398 e. The molecule has 0 saturated heterocycles. The number of anilines is 1. The quantitative estimate of drug-likeness (QED) is 0.653. The van der Waals surface area contributed by atoms with E-state index < -0.39 is 0 Å². The molecule has 3 aromatic carbocycles. The predicted octanol–water partition coefficient (Wildman–Crippen LogP) is 4.90. The van der Waals surface area contributed by atoms with Gasteiger partial charge in [-0.05, 0) is 33.9 Å². The average molecular weight is 333 g/mol. The van der Waals surface area contributed by atoms with E-state index in [-0.39, 0.29) is 0 Å². The van der Waals surface area contributed by atoms with Gasteiger partial charge in [0.05, 0.1) is 13.2 Å². The van der Waals surface area contributed by atoms with Crippen LogP contribution in [0.5, 0.6) is 0 Å². The van der Waals surface area contributed by atoms with Gasteiger partial charge in [-0.2, -0.15) is 0 Å². The van der Waals surface area contributed by atoms with E-state index in [9.17, 15) is 0 Å². The molecule has 0 aromatic heterocycles. The second-order valence-electron chi connectivity index (χ2n) is 6.03. The molecular weight excluding hydrogens is 310 g/mol. The summed E-state index contributed by atoms with van der Waals surface area (Å²) in [6, 6.07) is 22.8. The number of hydrogen-bond donors (Lipinski definition) is 1. The Bertz CT molecular complexity index is 824. The highest BCUT2D eigenvalue weighted by Crippen LogP contribution is 2.36. The van der Waals surface area contributed by atoms with Crippen LogP contribution in [-0.2, 0) is 22.7 Å². The summed E-state index contributed by atoms with van der Waals surface area (Å²) >= 11 is 0. The van der Waals surface area contributed by atoms with Crippen LogP contribution in [0, 0.1) is 0 Å². The minimum absolute atomic E-state index is 0.609. The molecule has 25 heavy (non-hydrogen) atoms. The first-order valence-corrected chi connectivity index (χ1v) is 8.28. The zero-order valence-corrected chi connectivity index (χ0v) is 14.7. The van der Waals surface area contributed by atoms with Gasteiger partial charge in [-0.25, -0.2) is 0 Å². The summed E-state index contributed by atoms with van der Waals surface area (Å²) in [6.07, 6.45) is 0. The summed E-state index contributed by atoms with van der Waals surface area (Å²) in [5, 5.41) is 0. The van der Waals surface area contributed by atoms with Crippen LogP contribution in [0.4, 0.5) is 5.69 Å².